The smallest absolute Gasteiger partial charge is 0.261 e. The maximum atomic E-state index is 13.1. The van der Waals surface area contributed by atoms with Gasteiger partial charge in [0.1, 0.15) is 0 Å². The highest BCUT2D eigenvalue weighted by Gasteiger charge is 2.36. The van der Waals surface area contributed by atoms with Crippen molar-refractivity contribution in [1.29, 1.82) is 0 Å². The summed E-state index contributed by atoms with van der Waals surface area (Å²) in [6.45, 7) is 0.180. The van der Waals surface area contributed by atoms with Crippen molar-refractivity contribution >= 4 is 23.6 Å². The van der Waals surface area contributed by atoms with E-state index in [1.165, 1.54) is 4.90 Å². The Kier molecular flexibility index (Phi) is 8.55. The van der Waals surface area contributed by atoms with Gasteiger partial charge in [0.15, 0.2) is 11.4 Å². The molecule has 9 heteroatoms. The second-order valence-electron chi connectivity index (χ2n) is 11.5. The third-order valence-electron chi connectivity index (χ3n) is 8.51. The van der Waals surface area contributed by atoms with Crippen molar-refractivity contribution in [2.24, 2.45) is 7.05 Å². The topological polar surface area (TPSA) is 93.9 Å². The predicted octanol–water partition coefficient (Wildman–Crippen LogP) is 6.71. The van der Waals surface area contributed by atoms with Gasteiger partial charge in [-0.3, -0.25) is 14.5 Å². The number of aliphatic hydroxyl groups is 1. The molecule has 0 bridgehead atoms. The summed E-state index contributed by atoms with van der Waals surface area (Å²) in [6, 6.07) is 30.8. The highest BCUT2D eigenvalue weighted by atomic mass is 32.2. The standard InChI is InChI=1S/C37H33N3O5S/c1-39-19-18-38-37(39)46-23-29-20-33(26-12-10-24(22-41)11-13-26)45-36(44-29)27-16-14-25(15-17-27)30-7-3-2-6-28(30)21-40-34(42)31-8-4-5-9-32(31)35(40)43/h2-19,29,33,36,41H,20-23H2,1H3. The van der Waals surface area contributed by atoms with Gasteiger partial charge < -0.3 is 19.1 Å². The Hall–Kier alpha value is -4.54. The quantitative estimate of drug-likeness (QED) is 0.143. The molecule has 1 saturated heterocycles. The summed E-state index contributed by atoms with van der Waals surface area (Å²) in [6.07, 6.45) is 3.57. The molecule has 1 N–H and O–H groups in total. The van der Waals surface area contributed by atoms with E-state index in [1.807, 2.05) is 90.6 Å². The first-order valence-corrected chi connectivity index (χ1v) is 16.2. The normalized spacial score (nSPS) is 19.4. The molecular formula is C37H33N3O5S. The molecule has 2 aliphatic rings. The maximum Gasteiger partial charge on any atom is 0.261 e. The number of ether oxygens (including phenoxy) is 2. The minimum Gasteiger partial charge on any atom is -0.392 e. The van der Waals surface area contributed by atoms with Gasteiger partial charge in [0.25, 0.3) is 11.8 Å². The van der Waals surface area contributed by atoms with Crippen LogP contribution >= 0.6 is 11.8 Å². The monoisotopic (exact) mass is 631 g/mol. The molecule has 3 unspecified atom stereocenters. The van der Waals surface area contributed by atoms with Crippen LogP contribution in [0.1, 0.15) is 61.8 Å². The number of imide groups is 1. The lowest BCUT2D eigenvalue weighted by atomic mass is 9.97. The van der Waals surface area contributed by atoms with Gasteiger partial charge in [-0.25, -0.2) is 4.98 Å². The minimum absolute atomic E-state index is 0.00571. The zero-order chi connectivity index (χ0) is 31.6. The third kappa shape index (κ3) is 6.02. The lowest BCUT2D eigenvalue weighted by Crippen LogP contribution is -2.31. The molecule has 5 aromatic rings. The molecule has 3 atom stereocenters. The Morgan fingerprint density at radius 1 is 0.826 bits per heavy atom. The third-order valence-corrected chi connectivity index (χ3v) is 9.70. The molecule has 0 aliphatic carbocycles. The molecular weight excluding hydrogens is 598 g/mol. The average Bonchev–Trinajstić information content (AvgIpc) is 3.63. The van der Waals surface area contributed by atoms with Crippen molar-refractivity contribution in [3.8, 4) is 11.1 Å². The van der Waals surface area contributed by atoms with Gasteiger partial charge >= 0.3 is 0 Å². The van der Waals surface area contributed by atoms with Crippen molar-refractivity contribution in [3.63, 3.8) is 0 Å². The fourth-order valence-corrected chi connectivity index (χ4v) is 6.94. The van der Waals surface area contributed by atoms with Crippen molar-refractivity contribution in [1.82, 2.24) is 14.5 Å². The van der Waals surface area contributed by atoms with Crippen LogP contribution < -0.4 is 0 Å². The van der Waals surface area contributed by atoms with Gasteiger partial charge in [0, 0.05) is 37.2 Å². The van der Waals surface area contributed by atoms with Gasteiger partial charge in [-0.05, 0) is 39.9 Å². The Bertz CT molecular complexity index is 1840. The fourth-order valence-electron chi connectivity index (χ4n) is 5.99. The summed E-state index contributed by atoms with van der Waals surface area (Å²) in [7, 11) is 1.98. The van der Waals surface area contributed by atoms with Crippen LogP contribution in [-0.2, 0) is 29.7 Å². The molecule has 2 aliphatic heterocycles. The number of aromatic nitrogens is 2. The van der Waals surface area contributed by atoms with Crippen molar-refractivity contribution in [2.45, 2.75) is 43.2 Å². The highest BCUT2D eigenvalue weighted by molar-refractivity contribution is 7.99. The first-order chi connectivity index (χ1) is 22.5. The first-order valence-electron chi connectivity index (χ1n) is 15.2. The van der Waals surface area contributed by atoms with Crippen LogP contribution in [0.3, 0.4) is 0 Å². The van der Waals surface area contributed by atoms with E-state index in [9.17, 15) is 14.7 Å². The van der Waals surface area contributed by atoms with E-state index in [2.05, 4.69) is 4.98 Å². The molecule has 4 aromatic carbocycles. The van der Waals surface area contributed by atoms with E-state index in [4.69, 9.17) is 9.47 Å². The molecule has 0 spiro atoms. The number of aliphatic hydroxyl groups excluding tert-OH is 1. The molecule has 0 radical (unpaired) electrons. The molecule has 1 aromatic heterocycles. The zero-order valence-electron chi connectivity index (χ0n) is 25.3. The van der Waals surface area contributed by atoms with Crippen LogP contribution in [0, 0.1) is 0 Å². The summed E-state index contributed by atoms with van der Waals surface area (Å²) in [4.78, 5) is 31.9. The second kappa shape index (κ2) is 13.1. The van der Waals surface area contributed by atoms with Crippen LogP contribution in [0.2, 0.25) is 0 Å². The van der Waals surface area contributed by atoms with E-state index in [0.717, 1.165) is 44.3 Å². The van der Waals surface area contributed by atoms with E-state index >= 15 is 0 Å². The van der Waals surface area contributed by atoms with Gasteiger partial charge in [0.05, 0.1) is 36.5 Å². The Morgan fingerprint density at radius 3 is 2.13 bits per heavy atom. The van der Waals surface area contributed by atoms with E-state index < -0.39 is 6.29 Å². The number of thioether (sulfide) groups is 1. The predicted molar refractivity (Wildman–Crippen MR) is 175 cm³/mol. The van der Waals surface area contributed by atoms with E-state index in [1.54, 1.807) is 42.2 Å². The molecule has 1 fully saturated rings. The van der Waals surface area contributed by atoms with Gasteiger partial charge in [-0.1, -0.05) is 96.7 Å². The van der Waals surface area contributed by atoms with Crippen LogP contribution in [0.5, 0.6) is 0 Å². The largest absolute Gasteiger partial charge is 0.392 e. The zero-order valence-corrected chi connectivity index (χ0v) is 26.1. The number of aryl methyl sites for hydroxylation is 1. The Balaban J connectivity index is 1.11. The molecule has 3 heterocycles. The van der Waals surface area contributed by atoms with E-state index in [0.29, 0.717) is 17.5 Å². The number of carbonyl (C=O) groups is 2. The van der Waals surface area contributed by atoms with Crippen LogP contribution in [0.4, 0.5) is 0 Å². The number of fused-ring (bicyclic) bond motifs is 1. The number of imidazole rings is 1. The van der Waals surface area contributed by atoms with Crippen LogP contribution in [0.25, 0.3) is 11.1 Å². The summed E-state index contributed by atoms with van der Waals surface area (Å²) < 4.78 is 15.1. The number of hydrogen-bond acceptors (Lipinski definition) is 7. The average molecular weight is 632 g/mol. The number of amides is 2. The Labute approximate surface area is 271 Å². The molecule has 7 rings (SSSR count). The van der Waals surface area contributed by atoms with E-state index in [-0.39, 0.29) is 37.2 Å². The van der Waals surface area contributed by atoms with Gasteiger partial charge in [-0.2, -0.15) is 0 Å². The van der Waals surface area contributed by atoms with Gasteiger partial charge in [-0.15, -0.1) is 0 Å². The lowest BCUT2D eigenvalue weighted by molar-refractivity contribution is -0.245. The number of hydrogen-bond donors (Lipinski definition) is 1. The number of carbonyl (C=O) groups excluding carboxylic acids is 2. The van der Waals surface area contributed by atoms with Crippen molar-refractivity contribution < 1.29 is 24.2 Å². The fraction of sp³-hybridized carbons (Fsp3) is 0.216. The summed E-state index contributed by atoms with van der Waals surface area (Å²) in [5, 5.41) is 10.4. The first kappa shape index (κ1) is 30.1. The summed E-state index contributed by atoms with van der Waals surface area (Å²) in [5.41, 5.74) is 6.47. The number of nitrogens with zero attached hydrogens (tertiary/aromatic N) is 3. The van der Waals surface area contributed by atoms with Crippen molar-refractivity contribution in [2.75, 3.05) is 5.75 Å². The van der Waals surface area contributed by atoms with Crippen LogP contribution in [-0.4, -0.2) is 43.2 Å². The molecule has 0 saturated carbocycles. The van der Waals surface area contributed by atoms with Gasteiger partial charge in [0.2, 0.25) is 0 Å². The molecule has 8 nitrogen and oxygen atoms in total. The summed E-state index contributed by atoms with van der Waals surface area (Å²) >= 11 is 1.66. The Morgan fingerprint density at radius 2 is 1.48 bits per heavy atom. The molecule has 2 amide bonds. The van der Waals surface area contributed by atoms with Crippen molar-refractivity contribution in [3.05, 3.63) is 143 Å². The SMILES string of the molecule is Cn1ccnc1SCC1CC(c2ccc(CO)cc2)OC(c2ccc(-c3ccccc3CN3C(=O)c4ccccc4C3=O)cc2)O1. The molecule has 46 heavy (non-hydrogen) atoms. The summed E-state index contributed by atoms with van der Waals surface area (Å²) in [5.74, 6) is 0.182. The van der Waals surface area contributed by atoms with Crippen LogP contribution in [0.15, 0.2) is 115 Å². The maximum absolute atomic E-state index is 13.1. The highest BCUT2D eigenvalue weighted by Crippen LogP contribution is 2.40. The number of rotatable bonds is 9. The lowest BCUT2D eigenvalue weighted by Gasteiger charge is -2.36. The minimum atomic E-state index is -0.578. The second-order valence-corrected chi connectivity index (χ2v) is 12.5. The number of benzene rings is 4. The molecule has 232 valence electrons.